The predicted octanol–water partition coefficient (Wildman–Crippen LogP) is -1.01. The van der Waals surface area contributed by atoms with Crippen LogP contribution in [0.1, 0.15) is 11.1 Å². The molecule has 74 valence electrons. The summed E-state index contributed by atoms with van der Waals surface area (Å²) in [7, 11) is 0. The van der Waals surface area contributed by atoms with Gasteiger partial charge in [-0.15, -0.1) is 0 Å². The average Bonchev–Trinajstić information content (AvgIpc) is 2.27. The summed E-state index contributed by atoms with van der Waals surface area (Å²) in [6.45, 7) is 0. The van der Waals surface area contributed by atoms with Gasteiger partial charge in [-0.05, 0) is 6.07 Å². The lowest BCUT2D eigenvalue weighted by Gasteiger charge is -2.00. The van der Waals surface area contributed by atoms with E-state index < -0.39 is 0 Å². The summed E-state index contributed by atoms with van der Waals surface area (Å²) in [5.74, 6) is 0. The van der Waals surface area contributed by atoms with Crippen molar-refractivity contribution in [1.82, 2.24) is 0 Å². The predicted molar refractivity (Wildman–Crippen MR) is 59.3 cm³/mol. The van der Waals surface area contributed by atoms with Crippen LogP contribution in [0.2, 0.25) is 0 Å². The van der Waals surface area contributed by atoms with Crippen molar-refractivity contribution in [1.29, 1.82) is 0 Å². The number of hydrogen-bond acceptors (Lipinski definition) is 2. The standard InChI is InChI=1S/C8H8N2O2S2/c9-7(13-11)5-2-1-3-6(4-5)8(10)14-12/h1-4H,9-10H2. The molecule has 0 atom stereocenters. The smallest absolute Gasteiger partial charge is 0.114 e. The summed E-state index contributed by atoms with van der Waals surface area (Å²) in [6.07, 6.45) is 0. The lowest BCUT2D eigenvalue weighted by molar-refractivity contribution is 0.700. The Bertz CT molecular complexity index is 421. The Morgan fingerprint density at radius 1 is 1.00 bits per heavy atom. The van der Waals surface area contributed by atoms with Crippen molar-refractivity contribution in [2.45, 2.75) is 0 Å². The van der Waals surface area contributed by atoms with Crippen LogP contribution >= 0.6 is 0 Å². The van der Waals surface area contributed by atoms with E-state index in [0.29, 0.717) is 11.1 Å². The van der Waals surface area contributed by atoms with Gasteiger partial charge in [0.1, 0.15) is 32.5 Å². The lowest BCUT2D eigenvalue weighted by atomic mass is 10.1. The zero-order valence-corrected chi connectivity index (χ0v) is 8.73. The van der Waals surface area contributed by atoms with Crippen molar-refractivity contribution >= 4 is 32.5 Å². The lowest BCUT2D eigenvalue weighted by Crippen LogP contribution is -2.16. The minimum absolute atomic E-state index is 0.163. The highest BCUT2D eigenvalue weighted by Gasteiger charge is 2.01. The molecule has 6 heteroatoms. The third-order valence-corrected chi connectivity index (χ3v) is 2.44. The molecule has 0 fully saturated rings. The second kappa shape index (κ2) is 4.97. The molecule has 4 N–H and O–H groups in total. The van der Waals surface area contributed by atoms with E-state index in [4.69, 9.17) is 11.5 Å². The molecule has 0 spiro atoms. The quantitative estimate of drug-likeness (QED) is 0.635. The van der Waals surface area contributed by atoms with Gasteiger partial charge in [0.2, 0.25) is 0 Å². The summed E-state index contributed by atoms with van der Waals surface area (Å²) in [5.41, 5.74) is 12.0. The molecule has 1 aromatic rings. The highest BCUT2D eigenvalue weighted by Crippen LogP contribution is 2.03. The molecule has 0 aromatic heterocycles. The average molecular weight is 228 g/mol. The molecule has 0 aliphatic carbocycles. The number of rotatable bonds is 2. The van der Waals surface area contributed by atoms with Gasteiger partial charge >= 0.3 is 0 Å². The highest BCUT2D eigenvalue weighted by atomic mass is 32.1. The second-order valence-corrected chi connectivity index (χ2v) is 3.69. The maximum absolute atomic E-state index is 10.4. The number of nitrogens with two attached hydrogens (primary N) is 2. The van der Waals surface area contributed by atoms with E-state index in [0.717, 1.165) is 0 Å². The van der Waals surface area contributed by atoms with Crippen molar-refractivity contribution in [3.05, 3.63) is 35.4 Å². The highest BCUT2D eigenvalue weighted by molar-refractivity contribution is 7.67. The van der Waals surface area contributed by atoms with Crippen LogP contribution in [0.15, 0.2) is 24.3 Å². The van der Waals surface area contributed by atoms with Gasteiger partial charge in [0.15, 0.2) is 0 Å². The zero-order valence-electron chi connectivity index (χ0n) is 7.10. The van der Waals surface area contributed by atoms with Crippen LogP contribution in [0.25, 0.3) is 0 Å². The first-order valence-corrected chi connectivity index (χ1v) is 5.12. The van der Waals surface area contributed by atoms with Gasteiger partial charge < -0.3 is 0 Å². The molecule has 0 saturated heterocycles. The largest absolute Gasteiger partial charge is 0.291 e. The van der Waals surface area contributed by atoms with E-state index >= 15 is 0 Å². The van der Waals surface area contributed by atoms with E-state index in [1.165, 1.54) is 0 Å². The fourth-order valence-corrected chi connectivity index (χ4v) is 1.37. The van der Waals surface area contributed by atoms with Crippen molar-refractivity contribution < 1.29 is 8.42 Å². The Balaban J connectivity index is 3.27. The summed E-state index contributed by atoms with van der Waals surface area (Å²) in [4.78, 5) is 0.325. The van der Waals surface area contributed by atoms with E-state index in [1.54, 1.807) is 24.3 Å². The third-order valence-electron chi connectivity index (χ3n) is 1.61. The van der Waals surface area contributed by atoms with Gasteiger partial charge in [0, 0.05) is 11.1 Å². The summed E-state index contributed by atoms with van der Waals surface area (Å²) < 4.78 is 20.9. The normalized spacial score (nSPS) is 9.29. The zero-order chi connectivity index (χ0) is 10.6. The maximum atomic E-state index is 10.4. The Morgan fingerprint density at radius 3 is 1.79 bits per heavy atom. The molecular formula is C8H8N2O2S2. The van der Waals surface area contributed by atoms with Crippen molar-refractivity contribution in [2.24, 2.45) is 11.5 Å². The van der Waals surface area contributed by atoms with E-state index in [9.17, 15) is 8.42 Å². The van der Waals surface area contributed by atoms with Crippen LogP contribution in [0.5, 0.6) is 0 Å². The molecule has 0 unspecified atom stereocenters. The van der Waals surface area contributed by atoms with Crippen LogP contribution in [0, 0.1) is 0 Å². The molecule has 0 amide bonds. The number of hydrogen-bond donors (Lipinski definition) is 2. The van der Waals surface area contributed by atoms with E-state index in [-0.39, 0.29) is 32.5 Å². The first kappa shape index (κ1) is 11.0. The summed E-state index contributed by atoms with van der Waals surface area (Å²) >= 11 is 0.431. The minimum Gasteiger partial charge on any atom is -0.291 e. The van der Waals surface area contributed by atoms with Crippen molar-refractivity contribution in [3.63, 3.8) is 0 Å². The van der Waals surface area contributed by atoms with Crippen LogP contribution in [-0.4, -0.2) is 18.4 Å². The molecule has 1 aromatic carbocycles. The molecule has 0 bridgehead atoms. The SMILES string of the molecule is NC(=S=O)c1cccc(C(N)=S=O)c1. The summed E-state index contributed by atoms with van der Waals surface area (Å²) in [5, 5.41) is 0. The fraction of sp³-hybridized carbons (Fsp3) is 0. The van der Waals surface area contributed by atoms with Crippen LogP contribution in [0.3, 0.4) is 0 Å². The molecule has 0 radical (unpaired) electrons. The van der Waals surface area contributed by atoms with Crippen molar-refractivity contribution in [2.75, 3.05) is 0 Å². The van der Waals surface area contributed by atoms with Crippen LogP contribution < -0.4 is 11.5 Å². The maximum Gasteiger partial charge on any atom is 0.114 e. The Labute approximate surface area is 88.1 Å². The third kappa shape index (κ3) is 2.46. The van der Waals surface area contributed by atoms with Crippen LogP contribution in [-0.2, 0) is 22.5 Å². The van der Waals surface area contributed by atoms with Gasteiger partial charge in [-0.25, -0.2) is 8.42 Å². The second-order valence-electron chi connectivity index (χ2n) is 2.48. The first-order valence-electron chi connectivity index (χ1n) is 3.64. The van der Waals surface area contributed by atoms with Gasteiger partial charge in [-0.3, -0.25) is 11.5 Å². The monoisotopic (exact) mass is 228 g/mol. The Kier molecular flexibility index (Phi) is 3.90. The van der Waals surface area contributed by atoms with Crippen LogP contribution in [0.4, 0.5) is 0 Å². The van der Waals surface area contributed by atoms with Gasteiger partial charge in [-0.2, -0.15) is 0 Å². The molecule has 0 heterocycles. The Hall–Kier alpha value is -1.08. The Morgan fingerprint density at radius 2 is 1.43 bits per heavy atom. The molecule has 14 heavy (non-hydrogen) atoms. The van der Waals surface area contributed by atoms with Crippen molar-refractivity contribution in [3.8, 4) is 0 Å². The molecule has 1 rings (SSSR count). The molecular weight excluding hydrogens is 220 g/mol. The van der Waals surface area contributed by atoms with E-state index in [2.05, 4.69) is 0 Å². The van der Waals surface area contributed by atoms with Gasteiger partial charge in [-0.1, -0.05) is 18.2 Å². The number of benzene rings is 1. The van der Waals surface area contributed by atoms with E-state index in [1.807, 2.05) is 0 Å². The fourth-order valence-electron chi connectivity index (χ4n) is 0.922. The molecule has 0 saturated carbocycles. The van der Waals surface area contributed by atoms with Gasteiger partial charge in [0.25, 0.3) is 0 Å². The molecule has 4 nitrogen and oxygen atoms in total. The summed E-state index contributed by atoms with van der Waals surface area (Å²) in [6, 6.07) is 6.68. The first-order chi connectivity index (χ1) is 6.69. The molecule has 0 aliphatic rings. The van der Waals surface area contributed by atoms with Gasteiger partial charge in [0.05, 0.1) is 0 Å². The minimum atomic E-state index is 0.163. The topological polar surface area (TPSA) is 86.2 Å². The molecule has 0 aliphatic heterocycles.